The molecular weight excluding hydrogens is 342 g/mol. The predicted octanol–water partition coefficient (Wildman–Crippen LogP) is 2.33. The molecule has 0 saturated carbocycles. The monoisotopic (exact) mass is 361 g/mol. The van der Waals surface area contributed by atoms with E-state index in [2.05, 4.69) is 10.2 Å². The van der Waals surface area contributed by atoms with Gasteiger partial charge in [0.25, 0.3) is 5.69 Å². The van der Waals surface area contributed by atoms with Crippen LogP contribution in [0.25, 0.3) is 0 Å². The van der Waals surface area contributed by atoms with Gasteiger partial charge >= 0.3 is 0 Å². The molecular formula is C16H19N5O3S. The summed E-state index contributed by atoms with van der Waals surface area (Å²) in [5, 5.41) is 17.8. The van der Waals surface area contributed by atoms with Crippen LogP contribution in [0, 0.1) is 14.9 Å². The number of piperidine rings is 1. The van der Waals surface area contributed by atoms with Crippen molar-refractivity contribution in [1.82, 2.24) is 19.7 Å². The fourth-order valence-corrected chi connectivity index (χ4v) is 3.27. The van der Waals surface area contributed by atoms with Gasteiger partial charge in [-0.25, -0.2) is 0 Å². The van der Waals surface area contributed by atoms with Crippen molar-refractivity contribution in [3.63, 3.8) is 0 Å². The molecule has 0 spiro atoms. The highest BCUT2D eigenvalue weighted by molar-refractivity contribution is 7.71. The topological polar surface area (TPSA) is 97.1 Å². The number of nitrogens with one attached hydrogen (secondary N) is 1. The highest BCUT2D eigenvalue weighted by Gasteiger charge is 2.26. The molecule has 3 rings (SSSR count). The van der Waals surface area contributed by atoms with Crippen molar-refractivity contribution in [2.75, 3.05) is 13.1 Å². The van der Waals surface area contributed by atoms with E-state index in [4.69, 9.17) is 12.2 Å². The smallest absolute Gasteiger partial charge is 0.269 e. The molecule has 8 nitrogen and oxygen atoms in total. The predicted molar refractivity (Wildman–Crippen MR) is 93.7 cm³/mol. The molecule has 0 radical (unpaired) electrons. The summed E-state index contributed by atoms with van der Waals surface area (Å²) in [6.45, 7) is 1.35. The van der Waals surface area contributed by atoms with E-state index in [-0.39, 0.29) is 18.0 Å². The number of carbonyl (C=O) groups excluding carboxylic acids is 1. The minimum atomic E-state index is -0.445. The van der Waals surface area contributed by atoms with Crippen molar-refractivity contribution in [3.05, 3.63) is 50.5 Å². The maximum absolute atomic E-state index is 12.4. The van der Waals surface area contributed by atoms with Crippen LogP contribution in [0.3, 0.4) is 0 Å². The first-order valence-corrected chi connectivity index (χ1v) is 8.49. The van der Waals surface area contributed by atoms with Gasteiger partial charge in [0.1, 0.15) is 5.82 Å². The number of aromatic nitrogens is 3. The van der Waals surface area contributed by atoms with Crippen molar-refractivity contribution in [3.8, 4) is 0 Å². The Hall–Kier alpha value is -2.55. The highest BCUT2D eigenvalue weighted by Crippen LogP contribution is 2.26. The van der Waals surface area contributed by atoms with Gasteiger partial charge in [-0.3, -0.25) is 20.0 Å². The molecule has 1 aliphatic heterocycles. The third-order valence-electron chi connectivity index (χ3n) is 4.63. The van der Waals surface area contributed by atoms with Gasteiger partial charge in [-0.15, -0.1) is 0 Å². The first-order chi connectivity index (χ1) is 12.0. The lowest BCUT2D eigenvalue weighted by Gasteiger charge is -2.31. The zero-order valence-electron chi connectivity index (χ0n) is 13.8. The SMILES string of the molecule is Cn1c(C2CCN(C(=O)Cc3ccc([N+](=O)[O-])cc3)CC2)n[nH]c1=S. The van der Waals surface area contributed by atoms with Crippen molar-refractivity contribution in [2.24, 2.45) is 7.05 Å². The second-order valence-electron chi connectivity index (χ2n) is 6.20. The van der Waals surface area contributed by atoms with Crippen LogP contribution in [0.2, 0.25) is 0 Å². The number of nitro benzene ring substituents is 1. The number of hydrogen-bond donors (Lipinski definition) is 1. The first kappa shape index (κ1) is 17.3. The van der Waals surface area contributed by atoms with Crippen molar-refractivity contribution in [2.45, 2.75) is 25.2 Å². The van der Waals surface area contributed by atoms with Crippen LogP contribution in [0.1, 0.15) is 30.1 Å². The van der Waals surface area contributed by atoms with Crippen molar-refractivity contribution in [1.29, 1.82) is 0 Å². The number of H-pyrrole nitrogens is 1. The Bertz CT molecular complexity index is 834. The van der Waals surface area contributed by atoms with Gasteiger partial charge in [0.05, 0.1) is 11.3 Å². The lowest BCUT2D eigenvalue weighted by atomic mass is 9.95. The van der Waals surface area contributed by atoms with E-state index >= 15 is 0 Å². The van der Waals surface area contributed by atoms with E-state index in [1.807, 2.05) is 16.5 Å². The number of aromatic amines is 1. The number of amides is 1. The summed E-state index contributed by atoms with van der Waals surface area (Å²) in [6.07, 6.45) is 1.95. The van der Waals surface area contributed by atoms with Gasteiger partial charge in [0.2, 0.25) is 5.91 Å². The summed E-state index contributed by atoms with van der Waals surface area (Å²) >= 11 is 5.14. The molecule has 1 aromatic carbocycles. The number of carbonyl (C=O) groups is 1. The molecule has 1 aromatic heterocycles. The summed E-state index contributed by atoms with van der Waals surface area (Å²) in [4.78, 5) is 24.5. The zero-order chi connectivity index (χ0) is 18.0. The van der Waals surface area contributed by atoms with Crippen LogP contribution >= 0.6 is 12.2 Å². The number of hydrogen-bond acceptors (Lipinski definition) is 5. The number of non-ortho nitro benzene ring substituents is 1. The Morgan fingerprint density at radius 1 is 1.36 bits per heavy atom. The summed E-state index contributed by atoms with van der Waals surface area (Å²) < 4.78 is 2.49. The Morgan fingerprint density at radius 2 is 2.00 bits per heavy atom. The van der Waals surface area contributed by atoms with E-state index < -0.39 is 4.92 Å². The highest BCUT2D eigenvalue weighted by atomic mass is 32.1. The molecule has 0 atom stereocenters. The lowest BCUT2D eigenvalue weighted by Crippen LogP contribution is -2.39. The van der Waals surface area contributed by atoms with Crippen molar-refractivity contribution < 1.29 is 9.72 Å². The molecule has 9 heteroatoms. The largest absolute Gasteiger partial charge is 0.342 e. The Balaban J connectivity index is 1.57. The first-order valence-electron chi connectivity index (χ1n) is 8.08. The molecule has 0 bridgehead atoms. The molecule has 1 aliphatic rings. The standard InChI is InChI=1S/C16H19N5O3S/c1-19-15(17-18-16(19)25)12-6-8-20(9-7-12)14(22)10-11-2-4-13(5-3-11)21(23)24/h2-5,12H,6-10H2,1H3,(H,18,25). The molecule has 1 amide bonds. The summed E-state index contributed by atoms with van der Waals surface area (Å²) in [6, 6.07) is 6.13. The number of nitro groups is 1. The van der Waals surface area contributed by atoms with E-state index in [1.54, 1.807) is 12.1 Å². The summed E-state index contributed by atoms with van der Waals surface area (Å²) in [5.74, 6) is 1.27. The second-order valence-corrected chi connectivity index (χ2v) is 6.59. The Kier molecular flexibility index (Phi) is 4.93. The Morgan fingerprint density at radius 3 is 2.52 bits per heavy atom. The van der Waals surface area contributed by atoms with Gasteiger partial charge in [-0.2, -0.15) is 5.10 Å². The van der Waals surface area contributed by atoms with Gasteiger partial charge in [-0.1, -0.05) is 12.1 Å². The number of rotatable bonds is 4. The average molecular weight is 361 g/mol. The fourth-order valence-electron chi connectivity index (χ4n) is 3.13. The Labute approximate surface area is 149 Å². The number of benzene rings is 1. The molecule has 2 aromatic rings. The van der Waals surface area contributed by atoms with E-state index in [0.717, 1.165) is 24.2 Å². The normalized spacial score (nSPS) is 15.3. The second kappa shape index (κ2) is 7.14. The third kappa shape index (κ3) is 3.76. The molecule has 1 N–H and O–H groups in total. The minimum Gasteiger partial charge on any atom is -0.342 e. The van der Waals surface area contributed by atoms with Crippen LogP contribution in [0.5, 0.6) is 0 Å². The van der Waals surface area contributed by atoms with Gasteiger partial charge in [0, 0.05) is 38.2 Å². The van der Waals surface area contributed by atoms with Gasteiger partial charge < -0.3 is 9.47 Å². The molecule has 0 unspecified atom stereocenters. The molecule has 1 saturated heterocycles. The third-order valence-corrected chi connectivity index (χ3v) is 4.99. The quantitative estimate of drug-likeness (QED) is 0.512. The van der Waals surface area contributed by atoms with Crippen LogP contribution in [-0.4, -0.2) is 43.6 Å². The van der Waals surface area contributed by atoms with Gasteiger partial charge in [-0.05, 0) is 30.6 Å². The molecule has 25 heavy (non-hydrogen) atoms. The average Bonchev–Trinajstić information content (AvgIpc) is 2.94. The fraction of sp³-hybridized carbons (Fsp3) is 0.438. The number of likely N-dealkylation sites (tertiary alicyclic amines) is 1. The zero-order valence-corrected chi connectivity index (χ0v) is 14.7. The molecule has 1 fully saturated rings. The van der Waals surface area contributed by atoms with E-state index in [9.17, 15) is 14.9 Å². The summed E-state index contributed by atoms with van der Waals surface area (Å²) in [7, 11) is 1.90. The van der Waals surface area contributed by atoms with Crippen LogP contribution in [-0.2, 0) is 18.3 Å². The van der Waals surface area contributed by atoms with Gasteiger partial charge in [0.15, 0.2) is 4.77 Å². The van der Waals surface area contributed by atoms with Crippen LogP contribution in [0.15, 0.2) is 24.3 Å². The summed E-state index contributed by atoms with van der Waals surface area (Å²) in [5.41, 5.74) is 0.817. The van der Waals surface area contributed by atoms with Crippen LogP contribution < -0.4 is 0 Å². The number of nitrogens with zero attached hydrogens (tertiary/aromatic N) is 4. The van der Waals surface area contributed by atoms with E-state index in [0.29, 0.717) is 23.8 Å². The lowest BCUT2D eigenvalue weighted by molar-refractivity contribution is -0.384. The molecule has 132 valence electrons. The van der Waals surface area contributed by atoms with Crippen LogP contribution in [0.4, 0.5) is 5.69 Å². The maximum atomic E-state index is 12.4. The maximum Gasteiger partial charge on any atom is 0.269 e. The van der Waals surface area contributed by atoms with E-state index in [1.165, 1.54) is 12.1 Å². The van der Waals surface area contributed by atoms with Crippen molar-refractivity contribution >= 4 is 23.8 Å². The molecule has 2 heterocycles. The molecule has 0 aliphatic carbocycles. The minimum absolute atomic E-state index is 0.0324.